The lowest BCUT2D eigenvalue weighted by atomic mass is 9.96. The summed E-state index contributed by atoms with van der Waals surface area (Å²) in [6, 6.07) is 6.48. The molecule has 1 aromatic heterocycles. The molecule has 11 heteroatoms. The van der Waals surface area contributed by atoms with E-state index in [4.69, 9.17) is 11.5 Å². The molecule has 5 nitrogen and oxygen atoms in total. The molecule has 0 unspecified atom stereocenters. The van der Waals surface area contributed by atoms with Crippen LogP contribution in [0.1, 0.15) is 21.5 Å². The third-order valence-corrected chi connectivity index (χ3v) is 4.12. The van der Waals surface area contributed by atoms with Crippen LogP contribution in [-0.2, 0) is 12.4 Å². The summed E-state index contributed by atoms with van der Waals surface area (Å²) in [5.74, 6) is -1.33. The maximum atomic E-state index is 13.2. The SMILES string of the molecule is NC(N)=NC(=O)c1ccc2nccc(-c3cc(C(F)(F)F)cc(C(F)(F)F)c3)c2c1. The van der Waals surface area contributed by atoms with Crippen LogP contribution in [0.4, 0.5) is 26.3 Å². The number of hydrogen-bond acceptors (Lipinski definition) is 2. The number of rotatable bonds is 2. The van der Waals surface area contributed by atoms with Crippen LogP contribution in [0.5, 0.6) is 0 Å². The van der Waals surface area contributed by atoms with Crippen molar-refractivity contribution in [1.29, 1.82) is 0 Å². The van der Waals surface area contributed by atoms with E-state index in [0.717, 1.165) is 0 Å². The number of fused-ring (bicyclic) bond motifs is 1. The predicted molar refractivity (Wildman–Crippen MR) is 97.3 cm³/mol. The molecule has 0 fully saturated rings. The highest BCUT2D eigenvalue weighted by Crippen LogP contribution is 2.39. The number of nitrogens with two attached hydrogens (primary N) is 2. The van der Waals surface area contributed by atoms with Gasteiger partial charge in [-0.2, -0.15) is 31.3 Å². The Hall–Kier alpha value is -3.63. The van der Waals surface area contributed by atoms with E-state index in [1.54, 1.807) is 0 Å². The highest BCUT2D eigenvalue weighted by Gasteiger charge is 2.37. The normalized spacial score (nSPS) is 12.1. The first-order chi connectivity index (χ1) is 13.9. The first-order valence-electron chi connectivity index (χ1n) is 8.19. The molecule has 0 aliphatic heterocycles. The van der Waals surface area contributed by atoms with Gasteiger partial charge >= 0.3 is 12.4 Å². The van der Waals surface area contributed by atoms with Crippen molar-refractivity contribution in [3.63, 3.8) is 0 Å². The molecule has 0 bridgehead atoms. The minimum absolute atomic E-state index is 0.0202. The molecule has 3 aromatic rings. The fourth-order valence-electron chi connectivity index (χ4n) is 2.82. The average Bonchev–Trinajstić information content (AvgIpc) is 2.64. The number of guanidine groups is 1. The molecule has 1 amide bonds. The molecule has 3 rings (SSSR count). The Bertz CT molecular complexity index is 1130. The second-order valence-corrected chi connectivity index (χ2v) is 6.23. The lowest BCUT2D eigenvalue weighted by Gasteiger charge is -2.15. The highest BCUT2D eigenvalue weighted by molar-refractivity contribution is 6.05. The zero-order chi connectivity index (χ0) is 22.3. The molecule has 0 atom stereocenters. The van der Waals surface area contributed by atoms with Gasteiger partial charge in [0.15, 0.2) is 5.96 Å². The van der Waals surface area contributed by atoms with Crippen molar-refractivity contribution in [2.24, 2.45) is 16.5 Å². The summed E-state index contributed by atoms with van der Waals surface area (Å²) < 4.78 is 79.2. The first-order valence-corrected chi connectivity index (χ1v) is 8.19. The number of amides is 1. The molecule has 156 valence electrons. The second-order valence-electron chi connectivity index (χ2n) is 6.23. The average molecular weight is 426 g/mol. The molecular formula is C19H12F6N4O. The maximum Gasteiger partial charge on any atom is 0.416 e. The Morgan fingerprint density at radius 1 is 0.867 bits per heavy atom. The van der Waals surface area contributed by atoms with E-state index in [0.29, 0.717) is 12.1 Å². The molecule has 0 saturated heterocycles. The zero-order valence-corrected chi connectivity index (χ0v) is 14.8. The summed E-state index contributed by atoms with van der Waals surface area (Å²) in [7, 11) is 0. The summed E-state index contributed by atoms with van der Waals surface area (Å²) in [5, 5.41) is 0.154. The number of aromatic nitrogens is 1. The van der Waals surface area contributed by atoms with Crippen molar-refractivity contribution in [2.75, 3.05) is 0 Å². The van der Waals surface area contributed by atoms with E-state index in [1.165, 1.54) is 30.5 Å². The summed E-state index contributed by atoms with van der Waals surface area (Å²) in [4.78, 5) is 19.4. The topological polar surface area (TPSA) is 94.4 Å². The van der Waals surface area contributed by atoms with Crippen molar-refractivity contribution in [3.8, 4) is 11.1 Å². The lowest BCUT2D eigenvalue weighted by molar-refractivity contribution is -0.143. The van der Waals surface area contributed by atoms with Gasteiger partial charge in [0, 0.05) is 17.1 Å². The third kappa shape index (κ3) is 4.34. The molecule has 4 N–H and O–H groups in total. The van der Waals surface area contributed by atoms with Crippen LogP contribution in [0.2, 0.25) is 0 Å². The standard InChI is InChI=1S/C19H12F6N4O/c20-18(21,22)11-5-10(6-12(8-11)19(23,24)25)13-3-4-28-15-2-1-9(7-14(13)15)16(30)29-17(26)27/h1-8H,(H4,26,27,29,30). The van der Waals surface area contributed by atoms with Crippen molar-refractivity contribution in [2.45, 2.75) is 12.4 Å². The van der Waals surface area contributed by atoms with E-state index >= 15 is 0 Å². The van der Waals surface area contributed by atoms with E-state index < -0.39 is 35.3 Å². The van der Waals surface area contributed by atoms with Crippen LogP contribution < -0.4 is 11.5 Å². The van der Waals surface area contributed by atoms with Crippen molar-refractivity contribution < 1.29 is 31.1 Å². The molecule has 0 spiro atoms. The molecule has 0 aliphatic carbocycles. The smallest absolute Gasteiger partial charge is 0.370 e. The molecular weight excluding hydrogens is 414 g/mol. The monoisotopic (exact) mass is 426 g/mol. The Labute approximate surface area is 165 Å². The van der Waals surface area contributed by atoms with Gasteiger partial charge in [0.25, 0.3) is 5.91 Å². The van der Waals surface area contributed by atoms with Gasteiger partial charge in [0.1, 0.15) is 0 Å². The van der Waals surface area contributed by atoms with Gasteiger partial charge in [-0.3, -0.25) is 9.78 Å². The van der Waals surface area contributed by atoms with Crippen molar-refractivity contribution in [3.05, 3.63) is 65.4 Å². The number of hydrogen-bond donors (Lipinski definition) is 2. The molecule has 0 saturated carbocycles. The quantitative estimate of drug-likeness (QED) is 0.362. The minimum Gasteiger partial charge on any atom is -0.370 e. The lowest BCUT2D eigenvalue weighted by Crippen LogP contribution is -2.24. The van der Waals surface area contributed by atoms with Crippen LogP contribution in [0.25, 0.3) is 22.0 Å². The number of carbonyl (C=O) groups is 1. The van der Waals surface area contributed by atoms with Gasteiger partial charge in [-0.15, -0.1) is 0 Å². The molecule has 2 aromatic carbocycles. The van der Waals surface area contributed by atoms with E-state index in [2.05, 4.69) is 9.98 Å². The summed E-state index contributed by atoms with van der Waals surface area (Å²) in [6.45, 7) is 0. The van der Waals surface area contributed by atoms with Gasteiger partial charge in [-0.25, -0.2) is 0 Å². The van der Waals surface area contributed by atoms with E-state index in [9.17, 15) is 31.1 Å². The van der Waals surface area contributed by atoms with Crippen LogP contribution in [-0.4, -0.2) is 16.9 Å². The van der Waals surface area contributed by atoms with Crippen molar-refractivity contribution in [1.82, 2.24) is 4.98 Å². The minimum atomic E-state index is -4.99. The van der Waals surface area contributed by atoms with Crippen LogP contribution in [0.3, 0.4) is 0 Å². The van der Waals surface area contributed by atoms with Crippen LogP contribution in [0.15, 0.2) is 53.7 Å². The largest absolute Gasteiger partial charge is 0.416 e. The first kappa shape index (κ1) is 21.1. The summed E-state index contributed by atoms with van der Waals surface area (Å²) in [6.07, 6.45) is -8.75. The summed E-state index contributed by atoms with van der Waals surface area (Å²) >= 11 is 0. The Balaban J connectivity index is 2.28. The van der Waals surface area contributed by atoms with Crippen molar-refractivity contribution >= 4 is 22.8 Å². The number of carbonyl (C=O) groups excluding carboxylic acids is 1. The molecule has 30 heavy (non-hydrogen) atoms. The Morgan fingerprint density at radius 3 is 2.00 bits per heavy atom. The number of aliphatic imine (C=N–C) groups is 1. The zero-order valence-electron chi connectivity index (χ0n) is 14.8. The molecule has 0 radical (unpaired) electrons. The van der Waals surface area contributed by atoms with Gasteiger partial charge in [-0.05, 0) is 53.6 Å². The Morgan fingerprint density at radius 2 is 1.47 bits per heavy atom. The predicted octanol–water partition coefficient (Wildman–Crippen LogP) is 4.35. The van der Waals surface area contributed by atoms with Crippen LogP contribution >= 0.6 is 0 Å². The third-order valence-electron chi connectivity index (χ3n) is 4.12. The number of nitrogens with zero attached hydrogens (tertiary/aromatic N) is 2. The molecule has 1 heterocycles. The number of halogens is 6. The number of alkyl halides is 6. The maximum absolute atomic E-state index is 13.2. The highest BCUT2D eigenvalue weighted by atomic mass is 19.4. The van der Waals surface area contributed by atoms with E-state index in [1.807, 2.05) is 0 Å². The fourth-order valence-corrected chi connectivity index (χ4v) is 2.82. The molecule has 0 aliphatic rings. The van der Waals surface area contributed by atoms with Crippen LogP contribution in [0, 0.1) is 0 Å². The van der Waals surface area contributed by atoms with Gasteiger partial charge in [-0.1, -0.05) is 0 Å². The van der Waals surface area contributed by atoms with Gasteiger partial charge in [0.2, 0.25) is 0 Å². The van der Waals surface area contributed by atoms with Gasteiger partial charge in [0.05, 0.1) is 16.6 Å². The number of benzene rings is 2. The summed E-state index contributed by atoms with van der Waals surface area (Å²) in [5.41, 5.74) is 7.33. The fraction of sp³-hybridized carbons (Fsp3) is 0.105. The Kier molecular flexibility index (Phi) is 5.15. The number of pyridine rings is 1. The van der Waals surface area contributed by atoms with Gasteiger partial charge < -0.3 is 11.5 Å². The second kappa shape index (κ2) is 7.32. The van der Waals surface area contributed by atoms with E-state index in [-0.39, 0.29) is 33.7 Å².